The van der Waals surface area contributed by atoms with Gasteiger partial charge in [0.15, 0.2) is 0 Å². The molecule has 0 saturated carbocycles. The van der Waals surface area contributed by atoms with Crippen molar-refractivity contribution in [3.8, 4) is 23.1 Å². The maximum atomic E-state index is 14.3. The largest absolute Gasteiger partial charge is 0.310 e. The summed E-state index contributed by atoms with van der Waals surface area (Å²) in [4.78, 5) is 5.12. The lowest BCUT2D eigenvalue weighted by atomic mass is 9.73. The standard InChI is InChI=1S/C79H56N6O2S/c1-78(2)61-22-8-15-29-68(61)81(69-30-16-9-23-62(69)78)51-35-39-53(40-36-51)83-65-26-12-5-19-58(65)72-75-73(77-74(76(72)83)60-21-7-14-28-67(60)85(77)55-43-47-57(48-44-55)88(86,87)56-45-33-50(49-80)34-46-56)59-20-6-13-27-66(59)84(75)54-41-37-52(38-42-54)82-70-31-17-10-24-63(70)79(3,4)64-25-11-18-32-71(64)82/h5-48H,1-4H3. The third-order valence-corrected chi connectivity index (χ3v) is 20.8. The molecule has 0 N–H and O–H groups in total. The summed E-state index contributed by atoms with van der Waals surface area (Å²) < 4.78 is 35.9. The van der Waals surface area contributed by atoms with Crippen LogP contribution in [0.5, 0.6) is 0 Å². The van der Waals surface area contributed by atoms with Crippen LogP contribution >= 0.6 is 0 Å². The SMILES string of the molecule is CC1(C)c2ccccc2N(c2ccc(-n3c4ccccc4c4c3c3c5ccccc5n(-c5ccc(S(=O)(=O)c6ccc(C#N)cc6)cc5)c3c3c5ccccc5n(-c5ccc(N6c7ccccc7C(C)(C)c7ccccc76)cc5)c43)cc2)c2ccccc21. The molecule has 2 aliphatic rings. The van der Waals surface area contributed by atoms with E-state index in [9.17, 15) is 13.7 Å². The third kappa shape index (κ3) is 7.15. The number of sulfone groups is 1. The van der Waals surface area contributed by atoms with Gasteiger partial charge in [0.2, 0.25) is 9.84 Å². The molecule has 420 valence electrons. The Balaban J connectivity index is 0.949. The molecule has 0 fully saturated rings. The molecule has 0 amide bonds. The maximum absolute atomic E-state index is 14.3. The highest BCUT2D eigenvalue weighted by atomic mass is 32.2. The first-order chi connectivity index (χ1) is 42.9. The number of nitriles is 1. The van der Waals surface area contributed by atoms with Gasteiger partial charge < -0.3 is 23.5 Å². The van der Waals surface area contributed by atoms with E-state index in [1.165, 1.54) is 57.1 Å². The van der Waals surface area contributed by atoms with E-state index >= 15 is 0 Å². The minimum Gasteiger partial charge on any atom is -0.310 e. The first-order valence-corrected chi connectivity index (χ1v) is 31.4. The van der Waals surface area contributed by atoms with Crippen LogP contribution in [-0.2, 0) is 20.7 Å². The van der Waals surface area contributed by atoms with Crippen LogP contribution < -0.4 is 9.80 Å². The highest BCUT2D eigenvalue weighted by Crippen LogP contribution is 2.55. The minimum absolute atomic E-state index is 0.130. The molecule has 3 aromatic heterocycles. The van der Waals surface area contributed by atoms with Gasteiger partial charge in [0, 0.05) is 71.6 Å². The second-order valence-electron chi connectivity index (χ2n) is 24.4. The van der Waals surface area contributed by atoms with Gasteiger partial charge in [-0.25, -0.2) is 8.42 Å². The van der Waals surface area contributed by atoms with Crippen molar-refractivity contribution >= 4 is 109 Å². The number of hydrogen-bond acceptors (Lipinski definition) is 5. The fourth-order valence-corrected chi connectivity index (χ4v) is 16.2. The molecule has 0 unspecified atom stereocenters. The Hall–Kier alpha value is -10.9. The Morgan fingerprint density at radius 3 is 0.898 bits per heavy atom. The summed E-state index contributed by atoms with van der Waals surface area (Å²) in [6.45, 7) is 9.29. The molecule has 15 aromatic rings. The monoisotopic (exact) mass is 1150 g/mol. The first kappa shape index (κ1) is 51.5. The van der Waals surface area contributed by atoms with Crippen molar-refractivity contribution in [2.75, 3.05) is 9.80 Å². The maximum Gasteiger partial charge on any atom is 0.206 e. The van der Waals surface area contributed by atoms with Crippen molar-refractivity contribution in [3.05, 3.63) is 295 Å². The molecule has 88 heavy (non-hydrogen) atoms. The predicted molar refractivity (Wildman–Crippen MR) is 360 cm³/mol. The molecule has 0 aliphatic carbocycles. The van der Waals surface area contributed by atoms with Crippen molar-refractivity contribution in [2.45, 2.75) is 48.3 Å². The zero-order chi connectivity index (χ0) is 59.4. The van der Waals surface area contributed by atoms with Gasteiger partial charge in [-0.15, -0.1) is 0 Å². The quantitative estimate of drug-likeness (QED) is 0.159. The Kier molecular flexibility index (Phi) is 11.0. The highest BCUT2D eigenvalue weighted by molar-refractivity contribution is 7.91. The van der Waals surface area contributed by atoms with Gasteiger partial charge in [-0.05, 0) is 162 Å². The second-order valence-corrected chi connectivity index (χ2v) is 26.3. The minimum atomic E-state index is -3.93. The fourth-order valence-electron chi connectivity index (χ4n) is 15.0. The topological polar surface area (TPSA) is 79.2 Å². The number of anilines is 6. The molecule has 5 heterocycles. The van der Waals surface area contributed by atoms with E-state index in [0.717, 1.165) is 93.9 Å². The van der Waals surface area contributed by atoms with Crippen molar-refractivity contribution < 1.29 is 8.42 Å². The summed E-state index contributed by atoms with van der Waals surface area (Å²) >= 11 is 0. The summed E-state index contributed by atoms with van der Waals surface area (Å²) in [5.41, 5.74) is 21.0. The van der Waals surface area contributed by atoms with Crippen molar-refractivity contribution in [1.29, 1.82) is 5.26 Å². The molecule has 9 heteroatoms. The first-order valence-electron chi connectivity index (χ1n) is 29.9. The van der Waals surface area contributed by atoms with Gasteiger partial charge in [0.25, 0.3) is 0 Å². The Labute approximate surface area is 509 Å². The van der Waals surface area contributed by atoms with Crippen molar-refractivity contribution in [1.82, 2.24) is 13.7 Å². The van der Waals surface area contributed by atoms with Crippen LogP contribution in [0.25, 0.3) is 82.5 Å². The van der Waals surface area contributed by atoms with E-state index in [0.29, 0.717) is 5.56 Å². The Morgan fingerprint density at radius 1 is 0.318 bits per heavy atom. The van der Waals surface area contributed by atoms with Crippen LogP contribution in [0.15, 0.2) is 277 Å². The van der Waals surface area contributed by atoms with Gasteiger partial charge in [-0.2, -0.15) is 5.26 Å². The summed E-state index contributed by atoms with van der Waals surface area (Å²) in [6.07, 6.45) is 0. The van der Waals surface area contributed by atoms with E-state index in [4.69, 9.17) is 0 Å². The zero-order valence-electron chi connectivity index (χ0n) is 48.8. The number of nitrogens with zero attached hydrogens (tertiary/aromatic N) is 6. The summed E-state index contributed by atoms with van der Waals surface area (Å²) in [7, 11) is -3.93. The van der Waals surface area contributed by atoms with Gasteiger partial charge in [-0.1, -0.05) is 155 Å². The van der Waals surface area contributed by atoms with Crippen molar-refractivity contribution in [2.24, 2.45) is 0 Å². The summed E-state index contributed by atoms with van der Waals surface area (Å²) in [6, 6.07) is 95.1. The molecule has 12 aromatic carbocycles. The lowest BCUT2D eigenvalue weighted by Gasteiger charge is -2.42. The molecule has 0 radical (unpaired) electrons. The van der Waals surface area contributed by atoms with Crippen LogP contribution in [-0.4, -0.2) is 22.1 Å². The third-order valence-electron chi connectivity index (χ3n) is 19.0. The number of rotatable bonds is 7. The van der Waals surface area contributed by atoms with Crippen LogP contribution in [0, 0.1) is 11.3 Å². The fraction of sp³-hybridized carbons (Fsp3) is 0.0759. The molecule has 0 bridgehead atoms. The van der Waals surface area contributed by atoms with E-state index in [-0.39, 0.29) is 20.6 Å². The summed E-state index contributed by atoms with van der Waals surface area (Å²) in [5, 5.41) is 16.1. The zero-order valence-corrected chi connectivity index (χ0v) is 49.6. The highest BCUT2D eigenvalue weighted by Gasteiger charge is 2.39. The number of aromatic nitrogens is 3. The number of hydrogen-bond donors (Lipinski definition) is 0. The van der Waals surface area contributed by atoms with Crippen LogP contribution in [0.3, 0.4) is 0 Å². The second kappa shape index (κ2) is 18.8. The number of benzene rings is 12. The van der Waals surface area contributed by atoms with Gasteiger partial charge >= 0.3 is 0 Å². The Bertz CT molecular complexity index is 5310. The number of para-hydroxylation sites is 7. The van der Waals surface area contributed by atoms with Crippen LogP contribution in [0.2, 0.25) is 0 Å². The molecule has 0 atom stereocenters. The molecule has 2 aliphatic heterocycles. The van der Waals surface area contributed by atoms with Crippen molar-refractivity contribution in [3.63, 3.8) is 0 Å². The molecule has 0 spiro atoms. The molecule has 8 nitrogen and oxygen atoms in total. The lowest BCUT2D eigenvalue weighted by Crippen LogP contribution is -2.30. The van der Waals surface area contributed by atoms with E-state index in [1.807, 2.05) is 12.1 Å². The van der Waals surface area contributed by atoms with E-state index in [1.54, 1.807) is 24.3 Å². The molecular weight excluding hydrogens is 1100 g/mol. The smallest absolute Gasteiger partial charge is 0.206 e. The van der Waals surface area contributed by atoms with Crippen LogP contribution in [0.1, 0.15) is 55.5 Å². The normalized spacial score (nSPS) is 14.1. The average Bonchev–Trinajstić information content (AvgIpc) is 1.50. The average molecular weight is 1150 g/mol. The van der Waals surface area contributed by atoms with E-state index < -0.39 is 9.84 Å². The van der Waals surface area contributed by atoms with Gasteiger partial charge in [0.1, 0.15) is 0 Å². The Morgan fingerprint density at radius 2 is 0.580 bits per heavy atom. The lowest BCUT2D eigenvalue weighted by molar-refractivity contribution is 0.596. The van der Waals surface area contributed by atoms with E-state index in [2.05, 4.69) is 276 Å². The molecule has 0 saturated heterocycles. The summed E-state index contributed by atoms with van der Waals surface area (Å²) in [5.74, 6) is 0. The molecule has 17 rings (SSSR count). The predicted octanol–water partition coefficient (Wildman–Crippen LogP) is 19.9. The van der Waals surface area contributed by atoms with Gasteiger partial charge in [-0.3, -0.25) is 0 Å². The van der Waals surface area contributed by atoms with Crippen LogP contribution in [0.4, 0.5) is 34.1 Å². The molecular formula is C79H56N6O2S. The van der Waals surface area contributed by atoms with Gasteiger partial charge in [0.05, 0.1) is 77.3 Å². The number of fused-ring (bicyclic) bond motifs is 16.